The molecule has 0 aliphatic heterocycles. The summed E-state index contributed by atoms with van der Waals surface area (Å²) in [6, 6.07) is 8.68. The molecule has 6 nitrogen and oxygen atoms in total. The van der Waals surface area contributed by atoms with Crippen LogP contribution in [0.15, 0.2) is 24.3 Å². The fourth-order valence-electron chi connectivity index (χ4n) is 3.98. The van der Waals surface area contributed by atoms with Gasteiger partial charge in [0.1, 0.15) is 17.3 Å². The van der Waals surface area contributed by atoms with Crippen LogP contribution in [0.1, 0.15) is 89.7 Å². The number of nitrogens with zero attached hydrogens (tertiary/aromatic N) is 3. The monoisotopic (exact) mass is 425 g/mol. The fraction of sp³-hybridized carbons (Fsp3) is 0.600. The molecule has 31 heavy (non-hydrogen) atoms. The van der Waals surface area contributed by atoms with Crippen LogP contribution in [0.2, 0.25) is 0 Å². The SMILES string of the molecule is CCC(CC)c1nc(C)nc(Nc2ccccc2N(NC2CC2)OC)c1C(C)(C)CC. The van der Waals surface area contributed by atoms with E-state index in [4.69, 9.17) is 14.8 Å². The first-order valence-electron chi connectivity index (χ1n) is 11.7. The van der Waals surface area contributed by atoms with Gasteiger partial charge in [0.2, 0.25) is 0 Å². The third kappa shape index (κ3) is 5.36. The number of nitrogens with one attached hydrogen (secondary N) is 2. The third-order valence-electron chi connectivity index (χ3n) is 6.42. The maximum absolute atomic E-state index is 5.65. The number of hydrazine groups is 1. The van der Waals surface area contributed by atoms with Crippen molar-refractivity contribution in [2.45, 2.75) is 91.0 Å². The Morgan fingerprint density at radius 3 is 2.39 bits per heavy atom. The molecule has 2 aromatic rings. The average Bonchev–Trinajstić information content (AvgIpc) is 3.57. The smallest absolute Gasteiger partial charge is 0.138 e. The van der Waals surface area contributed by atoms with Crippen molar-refractivity contribution in [1.82, 2.24) is 15.4 Å². The summed E-state index contributed by atoms with van der Waals surface area (Å²) >= 11 is 0. The quantitative estimate of drug-likeness (QED) is 0.421. The highest BCUT2D eigenvalue weighted by atomic mass is 16.7. The maximum Gasteiger partial charge on any atom is 0.138 e. The second-order valence-electron chi connectivity index (χ2n) is 9.15. The highest BCUT2D eigenvalue weighted by Crippen LogP contribution is 2.40. The summed E-state index contributed by atoms with van der Waals surface area (Å²) in [4.78, 5) is 15.5. The zero-order valence-electron chi connectivity index (χ0n) is 20.2. The predicted molar refractivity (Wildman–Crippen MR) is 129 cm³/mol. The molecule has 0 spiro atoms. The number of anilines is 3. The third-order valence-corrected chi connectivity index (χ3v) is 6.42. The van der Waals surface area contributed by atoms with Crippen molar-refractivity contribution in [3.63, 3.8) is 0 Å². The Bertz CT molecular complexity index is 874. The largest absolute Gasteiger partial charge is 0.338 e. The Morgan fingerprint density at radius 1 is 1.13 bits per heavy atom. The van der Waals surface area contributed by atoms with Crippen molar-refractivity contribution >= 4 is 17.2 Å². The number of aryl methyl sites for hydroxylation is 1. The minimum Gasteiger partial charge on any atom is -0.338 e. The zero-order chi connectivity index (χ0) is 22.6. The van der Waals surface area contributed by atoms with E-state index in [1.165, 1.54) is 24.1 Å². The Labute approximate surface area is 187 Å². The van der Waals surface area contributed by atoms with Gasteiger partial charge in [-0.3, -0.25) is 4.84 Å². The van der Waals surface area contributed by atoms with Gasteiger partial charge in [-0.2, -0.15) is 5.17 Å². The molecular weight excluding hydrogens is 386 g/mol. The van der Waals surface area contributed by atoms with E-state index in [0.29, 0.717) is 12.0 Å². The van der Waals surface area contributed by atoms with E-state index in [2.05, 4.69) is 57.5 Å². The Morgan fingerprint density at radius 2 is 1.81 bits per heavy atom. The topological polar surface area (TPSA) is 62.3 Å². The van der Waals surface area contributed by atoms with Crippen molar-refractivity contribution in [3.8, 4) is 0 Å². The molecule has 1 aliphatic rings. The molecule has 170 valence electrons. The van der Waals surface area contributed by atoms with Crippen molar-refractivity contribution in [2.24, 2.45) is 0 Å². The molecule has 0 radical (unpaired) electrons. The normalized spacial score (nSPS) is 14.2. The van der Waals surface area contributed by atoms with Gasteiger partial charge in [0.05, 0.1) is 18.5 Å². The highest BCUT2D eigenvalue weighted by Gasteiger charge is 2.31. The molecule has 0 atom stereocenters. The summed E-state index contributed by atoms with van der Waals surface area (Å²) in [5, 5.41) is 5.43. The van der Waals surface area contributed by atoms with Crippen LogP contribution in [-0.2, 0) is 10.3 Å². The van der Waals surface area contributed by atoms with Gasteiger partial charge in [0.25, 0.3) is 0 Å². The lowest BCUT2D eigenvalue weighted by molar-refractivity contribution is 0.133. The number of hydrogen-bond acceptors (Lipinski definition) is 6. The molecule has 1 saturated carbocycles. The Kier molecular flexibility index (Phi) is 7.55. The van der Waals surface area contributed by atoms with Crippen molar-refractivity contribution in [3.05, 3.63) is 41.3 Å². The molecule has 1 aliphatic carbocycles. The van der Waals surface area contributed by atoms with E-state index in [9.17, 15) is 0 Å². The van der Waals surface area contributed by atoms with E-state index in [1.54, 1.807) is 12.3 Å². The van der Waals surface area contributed by atoms with Gasteiger partial charge in [0, 0.05) is 17.5 Å². The van der Waals surface area contributed by atoms with Crippen molar-refractivity contribution in [1.29, 1.82) is 0 Å². The van der Waals surface area contributed by atoms with Crippen LogP contribution < -0.4 is 15.9 Å². The first kappa shape index (κ1) is 23.5. The van der Waals surface area contributed by atoms with Gasteiger partial charge in [-0.15, -0.1) is 0 Å². The molecule has 0 bridgehead atoms. The summed E-state index contributed by atoms with van der Waals surface area (Å²) in [7, 11) is 1.69. The van der Waals surface area contributed by atoms with Crippen molar-refractivity contribution in [2.75, 3.05) is 17.6 Å². The number of aromatic nitrogens is 2. The minimum absolute atomic E-state index is 0.0455. The number of para-hydroxylation sites is 2. The molecular formula is C25H39N5O. The lowest BCUT2D eigenvalue weighted by atomic mass is 9.78. The van der Waals surface area contributed by atoms with Crippen LogP contribution in [0.4, 0.5) is 17.2 Å². The molecule has 0 amide bonds. The number of benzene rings is 1. The predicted octanol–water partition coefficient (Wildman–Crippen LogP) is 6.15. The van der Waals surface area contributed by atoms with E-state index in [-0.39, 0.29) is 5.41 Å². The first-order valence-corrected chi connectivity index (χ1v) is 11.7. The summed E-state index contributed by atoms with van der Waals surface area (Å²) in [5.41, 5.74) is 7.70. The molecule has 1 aromatic carbocycles. The molecule has 0 unspecified atom stereocenters. The zero-order valence-corrected chi connectivity index (χ0v) is 20.2. The van der Waals surface area contributed by atoms with Gasteiger partial charge in [-0.25, -0.2) is 15.4 Å². The van der Waals surface area contributed by atoms with Gasteiger partial charge in [0.15, 0.2) is 0 Å². The molecule has 2 N–H and O–H groups in total. The molecule has 1 heterocycles. The van der Waals surface area contributed by atoms with Gasteiger partial charge >= 0.3 is 0 Å². The van der Waals surface area contributed by atoms with Crippen LogP contribution in [0.25, 0.3) is 0 Å². The number of rotatable bonds is 11. The second-order valence-corrected chi connectivity index (χ2v) is 9.15. The van der Waals surface area contributed by atoms with E-state index >= 15 is 0 Å². The Hall–Kier alpha value is -2.18. The van der Waals surface area contributed by atoms with Crippen LogP contribution >= 0.6 is 0 Å². The highest BCUT2D eigenvalue weighted by molar-refractivity contribution is 5.75. The summed E-state index contributed by atoms with van der Waals surface area (Å²) in [6.07, 6.45) is 5.50. The van der Waals surface area contributed by atoms with Crippen molar-refractivity contribution < 1.29 is 4.84 Å². The van der Waals surface area contributed by atoms with Crippen LogP contribution in [0.5, 0.6) is 0 Å². The van der Waals surface area contributed by atoms with Gasteiger partial charge in [-0.1, -0.05) is 46.8 Å². The second kappa shape index (κ2) is 9.96. The lowest BCUT2D eigenvalue weighted by Gasteiger charge is -2.31. The van der Waals surface area contributed by atoms with Crippen LogP contribution in [0, 0.1) is 6.92 Å². The van der Waals surface area contributed by atoms with Crippen LogP contribution in [-0.4, -0.2) is 23.1 Å². The van der Waals surface area contributed by atoms with Gasteiger partial charge in [-0.05, 0) is 56.6 Å². The van der Waals surface area contributed by atoms with E-state index in [0.717, 1.165) is 42.3 Å². The maximum atomic E-state index is 5.65. The average molecular weight is 426 g/mol. The molecule has 1 aromatic heterocycles. The molecule has 3 rings (SSSR count). The van der Waals surface area contributed by atoms with Gasteiger partial charge < -0.3 is 5.32 Å². The Balaban J connectivity index is 2.09. The molecule has 6 heteroatoms. The minimum atomic E-state index is -0.0455. The lowest BCUT2D eigenvalue weighted by Crippen LogP contribution is -2.39. The summed E-state index contributed by atoms with van der Waals surface area (Å²) in [6.45, 7) is 13.3. The van der Waals surface area contributed by atoms with E-state index in [1.807, 2.05) is 19.1 Å². The standard InChI is InChI=1S/C25H39N5O/c1-8-18(9-2)23-22(25(5,6)10-3)24(27-17(4)26-23)28-20-13-11-12-14-21(20)30(31-7)29-19-15-16-19/h11-14,18-19,29H,8-10,15-16H2,1-7H3,(H,26,27,28). The summed E-state index contributed by atoms with van der Waals surface area (Å²) in [5.74, 6) is 2.12. The molecule has 1 fully saturated rings. The van der Waals surface area contributed by atoms with Crippen LogP contribution in [0.3, 0.4) is 0 Å². The summed E-state index contributed by atoms with van der Waals surface area (Å²) < 4.78 is 0. The fourth-order valence-corrected chi connectivity index (χ4v) is 3.98. The first-order chi connectivity index (χ1) is 14.8. The number of hydrogen-bond donors (Lipinski definition) is 2. The molecule has 0 saturated heterocycles. The van der Waals surface area contributed by atoms with E-state index < -0.39 is 0 Å².